The van der Waals surface area contributed by atoms with Crippen LogP contribution in [0.15, 0.2) is 88.1 Å². The molecular formula is C28H24N2O4. The molecule has 6 heteroatoms. The van der Waals surface area contributed by atoms with Gasteiger partial charge in [-0.3, -0.25) is 9.59 Å². The Kier molecular flexibility index (Phi) is 5.95. The fourth-order valence-electron chi connectivity index (χ4n) is 4.30. The number of anilines is 1. The first-order valence-electron chi connectivity index (χ1n) is 11.4. The molecule has 1 saturated heterocycles. The van der Waals surface area contributed by atoms with Gasteiger partial charge in [0, 0.05) is 24.0 Å². The number of nitrogens with zero attached hydrogens (tertiary/aromatic N) is 1. The van der Waals surface area contributed by atoms with Crippen molar-refractivity contribution in [2.45, 2.75) is 19.3 Å². The Labute approximate surface area is 196 Å². The van der Waals surface area contributed by atoms with Gasteiger partial charge >= 0.3 is 5.63 Å². The molecule has 0 atom stereocenters. The number of carbonyl (C=O) groups is 2. The van der Waals surface area contributed by atoms with E-state index in [0.717, 1.165) is 37.7 Å². The highest BCUT2D eigenvalue weighted by molar-refractivity contribution is 6.09. The van der Waals surface area contributed by atoms with E-state index >= 15 is 0 Å². The van der Waals surface area contributed by atoms with E-state index in [-0.39, 0.29) is 11.8 Å². The van der Waals surface area contributed by atoms with E-state index in [1.54, 1.807) is 60.7 Å². The van der Waals surface area contributed by atoms with Gasteiger partial charge in [0.1, 0.15) is 5.58 Å². The third kappa shape index (κ3) is 4.35. The molecule has 4 aromatic rings. The van der Waals surface area contributed by atoms with Crippen LogP contribution in [0.1, 0.15) is 40.0 Å². The molecule has 1 fully saturated rings. The van der Waals surface area contributed by atoms with Gasteiger partial charge in [-0.1, -0.05) is 42.5 Å². The molecule has 1 aliphatic heterocycles. The second-order valence-corrected chi connectivity index (χ2v) is 8.42. The predicted molar refractivity (Wildman–Crippen MR) is 132 cm³/mol. The first-order valence-corrected chi connectivity index (χ1v) is 11.4. The highest BCUT2D eigenvalue weighted by Crippen LogP contribution is 2.23. The lowest BCUT2D eigenvalue weighted by Gasteiger charge is -2.27. The number of fused-ring (bicyclic) bond motifs is 1. The number of likely N-dealkylation sites (tertiary alicyclic amines) is 1. The Morgan fingerprint density at radius 1 is 0.824 bits per heavy atom. The zero-order chi connectivity index (χ0) is 23.5. The van der Waals surface area contributed by atoms with Crippen LogP contribution in [0.3, 0.4) is 0 Å². The number of para-hydroxylation sites is 2. The van der Waals surface area contributed by atoms with Crippen LogP contribution < -0.4 is 10.9 Å². The SMILES string of the molecule is O=C(Nc1ccccc1C(=O)N1CCCCC1)c1ccc(-c2cc3ccccc3oc2=O)cc1. The first kappa shape index (κ1) is 21.6. The Bertz CT molecular complexity index is 1420. The average molecular weight is 453 g/mol. The maximum Gasteiger partial charge on any atom is 0.344 e. The molecule has 6 nitrogen and oxygen atoms in total. The molecular weight excluding hydrogens is 428 g/mol. The lowest BCUT2D eigenvalue weighted by atomic mass is 10.0. The van der Waals surface area contributed by atoms with Gasteiger partial charge in [-0.2, -0.15) is 0 Å². The molecule has 0 unspecified atom stereocenters. The van der Waals surface area contributed by atoms with Crippen LogP contribution in [-0.4, -0.2) is 29.8 Å². The molecule has 3 aromatic carbocycles. The molecule has 170 valence electrons. The number of carbonyl (C=O) groups excluding carboxylic acids is 2. The van der Waals surface area contributed by atoms with Crippen molar-refractivity contribution in [3.05, 3.63) is 100 Å². The van der Waals surface area contributed by atoms with Crippen LogP contribution in [0.2, 0.25) is 0 Å². The zero-order valence-corrected chi connectivity index (χ0v) is 18.6. The van der Waals surface area contributed by atoms with Crippen LogP contribution in [-0.2, 0) is 0 Å². The maximum atomic E-state index is 13.0. The van der Waals surface area contributed by atoms with E-state index in [0.29, 0.717) is 33.5 Å². The summed E-state index contributed by atoms with van der Waals surface area (Å²) in [5.74, 6) is -0.384. The Morgan fingerprint density at radius 3 is 2.32 bits per heavy atom. The molecule has 0 saturated carbocycles. The molecule has 0 aliphatic carbocycles. The van der Waals surface area contributed by atoms with Gasteiger partial charge in [0.25, 0.3) is 11.8 Å². The van der Waals surface area contributed by atoms with Crippen molar-refractivity contribution in [1.29, 1.82) is 0 Å². The minimum absolute atomic E-state index is 0.0611. The van der Waals surface area contributed by atoms with Gasteiger partial charge in [-0.25, -0.2) is 4.79 Å². The first-order chi connectivity index (χ1) is 16.6. The number of piperidine rings is 1. The molecule has 0 radical (unpaired) electrons. The normalized spacial score (nSPS) is 13.6. The fourth-order valence-corrected chi connectivity index (χ4v) is 4.30. The van der Waals surface area contributed by atoms with Crippen molar-refractivity contribution < 1.29 is 14.0 Å². The van der Waals surface area contributed by atoms with Crippen LogP contribution in [0.25, 0.3) is 22.1 Å². The molecule has 0 spiro atoms. The quantitative estimate of drug-likeness (QED) is 0.424. The van der Waals surface area contributed by atoms with Crippen LogP contribution >= 0.6 is 0 Å². The third-order valence-electron chi connectivity index (χ3n) is 6.15. The van der Waals surface area contributed by atoms with E-state index < -0.39 is 5.63 Å². The number of amides is 2. The van der Waals surface area contributed by atoms with E-state index in [9.17, 15) is 14.4 Å². The fraction of sp³-hybridized carbons (Fsp3) is 0.179. The van der Waals surface area contributed by atoms with Gasteiger partial charge in [0.05, 0.1) is 16.8 Å². The summed E-state index contributed by atoms with van der Waals surface area (Å²) in [6, 6.07) is 23.0. The number of nitrogens with one attached hydrogen (secondary N) is 1. The Hall–Kier alpha value is -4.19. The molecule has 1 aromatic heterocycles. The minimum atomic E-state index is -0.430. The number of hydrogen-bond acceptors (Lipinski definition) is 4. The van der Waals surface area contributed by atoms with Gasteiger partial charge in [0.2, 0.25) is 0 Å². The lowest BCUT2D eigenvalue weighted by Crippen LogP contribution is -2.36. The summed E-state index contributed by atoms with van der Waals surface area (Å²) < 4.78 is 5.42. The van der Waals surface area contributed by atoms with Gasteiger partial charge in [-0.15, -0.1) is 0 Å². The van der Waals surface area contributed by atoms with Crippen molar-refractivity contribution in [1.82, 2.24) is 4.90 Å². The topological polar surface area (TPSA) is 79.6 Å². The molecule has 2 amide bonds. The summed E-state index contributed by atoms with van der Waals surface area (Å²) in [6.45, 7) is 1.48. The maximum absolute atomic E-state index is 13.0. The highest BCUT2D eigenvalue weighted by atomic mass is 16.4. The molecule has 0 bridgehead atoms. The Morgan fingerprint density at radius 2 is 1.53 bits per heavy atom. The van der Waals surface area contributed by atoms with E-state index in [4.69, 9.17) is 4.42 Å². The smallest absolute Gasteiger partial charge is 0.344 e. The zero-order valence-electron chi connectivity index (χ0n) is 18.6. The summed E-state index contributed by atoms with van der Waals surface area (Å²) in [5.41, 5.74) is 2.60. The van der Waals surface area contributed by atoms with Crippen LogP contribution in [0.4, 0.5) is 5.69 Å². The molecule has 5 rings (SSSR count). The van der Waals surface area contributed by atoms with Crippen molar-refractivity contribution in [3.8, 4) is 11.1 Å². The molecule has 34 heavy (non-hydrogen) atoms. The van der Waals surface area contributed by atoms with Crippen LogP contribution in [0.5, 0.6) is 0 Å². The average Bonchev–Trinajstić information content (AvgIpc) is 2.89. The second-order valence-electron chi connectivity index (χ2n) is 8.42. The predicted octanol–water partition coefficient (Wildman–Crippen LogP) is 5.34. The lowest BCUT2D eigenvalue weighted by molar-refractivity contribution is 0.0725. The van der Waals surface area contributed by atoms with E-state index in [1.165, 1.54) is 0 Å². The highest BCUT2D eigenvalue weighted by Gasteiger charge is 2.21. The molecule has 1 N–H and O–H groups in total. The van der Waals surface area contributed by atoms with Gasteiger partial charge in [0.15, 0.2) is 0 Å². The number of benzene rings is 3. The standard InChI is InChI=1S/C28H24N2O4/c31-26(29-24-10-4-3-9-22(24)27(32)30-16-6-1-7-17-30)20-14-12-19(13-15-20)23-18-21-8-2-5-11-25(21)34-28(23)33/h2-5,8-15,18H,1,6-7,16-17H2,(H,29,31). The summed E-state index contributed by atoms with van der Waals surface area (Å²) in [7, 11) is 0. The van der Waals surface area contributed by atoms with Crippen LogP contribution in [0, 0.1) is 0 Å². The Balaban J connectivity index is 1.36. The van der Waals surface area contributed by atoms with Crippen molar-refractivity contribution >= 4 is 28.5 Å². The van der Waals surface area contributed by atoms with Crippen molar-refractivity contribution in [2.24, 2.45) is 0 Å². The van der Waals surface area contributed by atoms with E-state index in [2.05, 4.69) is 5.32 Å². The summed E-state index contributed by atoms with van der Waals surface area (Å²) in [6.07, 6.45) is 3.14. The summed E-state index contributed by atoms with van der Waals surface area (Å²) in [5, 5.41) is 3.70. The number of rotatable bonds is 4. The van der Waals surface area contributed by atoms with Crippen molar-refractivity contribution in [2.75, 3.05) is 18.4 Å². The number of hydrogen-bond donors (Lipinski definition) is 1. The monoisotopic (exact) mass is 452 g/mol. The summed E-state index contributed by atoms with van der Waals surface area (Å²) in [4.78, 5) is 40.2. The molecule has 1 aliphatic rings. The second kappa shape index (κ2) is 9.35. The minimum Gasteiger partial charge on any atom is -0.422 e. The molecule has 2 heterocycles. The van der Waals surface area contributed by atoms with E-state index in [1.807, 2.05) is 23.1 Å². The van der Waals surface area contributed by atoms with Gasteiger partial charge < -0.3 is 14.6 Å². The largest absolute Gasteiger partial charge is 0.422 e. The summed E-state index contributed by atoms with van der Waals surface area (Å²) >= 11 is 0. The van der Waals surface area contributed by atoms with Crippen molar-refractivity contribution in [3.63, 3.8) is 0 Å². The van der Waals surface area contributed by atoms with Gasteiger partial charge in [-0.05, 0) is 61.2 Å². The third-order valence-corrected chi connectivity index (χ3v) is 6.15.